The first kappa shape index (κ1) is 10.2. The summed E-state index contributed by atoms with van der Waals surface area (Å²) >= 11 is 6.03. The van der Waals surface area contributed by atoms with Crippen LogP contribution in [0.25, 0.3) is 22.0 Å². The van der Waals surface area contributed by atoms with Gasteiger partial charge in [-0.15, -0.1) is 0 Å². The molecule has 0 bridgehead atoms. The minimum atomic E-state index is 0.675. The number of hydrogen-bond acceptors (Lipinski definition) is 1. The number of hydrogen-bond donors (Lipinski definition) is 2. The van der Waals surface area contributed by atoms with E-state index in [9.17, 15) is 0 Å². The van der Waals surface area contributed by atoms with E-state index >= 15 is 0 Å². The summed E-state index contributed by atoms with van der Waals surface area (Å²) in [7, 11) is 0. The van der Waals surface area contributed by atoms with E-state index in [1.807, 2.05) is 48.5 Å². The maximum atomic E-state index is 6.04. The average Bonchev–Trinajstić information content (AvgIpc) is 2.65. The first-order valence-electron chi connectivity index (χ1n) is 5.38. The summed E-state index contributed by atoms with van der Waals surface area (Å²) in [4.78, 5) is 3.17. The largest absolute Gasteiger partial charge is 0.385 e. The fourth-order valence-corrected chi connectivity index (χ4v) is 2.27. The Morgan fingerprint density at radius 2 is 1.76 bits per heavy atom. The van der Waals surface area contributed by atoms with Gasteiger partial charge in [0.2, 0.25) is 0 Å². The topological polar surface area (TPSA) is 41.8 Å². The predicted octanol–water partition coefficient (Wildman–Crippen LogP) is 4.07. The summed E-state index contributed by atoms with van der Waals surface area (Å²) in [5, 5.41) is 1.77. The molecule has 0 spiro atoms. The number of aromatic nitrogens is 1. The Kier molecular flexibility index (Phi) is 2.30. The molecule has 0 aliphatic rings. The minimum absolute atomic E-state index is 0.675. The lowest BCUT2D eigenvalue weighted by molar-refractivity contribution is 1.47. The molecule has 0 unspecified atom stereocenters. The minimum Gasteiger partial charge on any atom is -0.385 e. The van der Waals surface area contributed by atoms with Crippen LogP contribution in [0.15, 0.2) is 48.5 Å². The Bertz CT molecular complexity index is 671. The van der Waals surface area contributed by atoms with Gasteiger partial charge in [-0.25, -0.2) is 0 Å². The van der Waals surface area contributed by atoms with Crippen LogP contribution in [0, 0.1) is 0 Å². The molecule has 3 aromatic rings. The van der Waals surface area contributed by atoms with E-state index in [-0.39, 0.29) is 0 Å². The molecule has 3 heteroatoms. The van der Waals surface area contributed by atoms with Crippen LogP contribution in [0.3, 0.4) is 0 Å². The maximum Gasteiger partial charge on any atom is 0.109 e. The van der Waals surface area contributed by atoms with Crippen LogP contribution in [0.5, 0.6) is 0 Å². The van der Waals surface area contributed by atoms with Crippen molar-refractivity contribution in [2.75, 3.05) is 5.73 Å². The number of H-pyrrole nitrogens is 1. The van der Waals surface area contributed by atoms with Gasteiger partial charge < -0.3 is 10.7 Å². The third kappa shape index (κ3) is 1.67. The van der Waals surface area contributed by atoms with Gasteiger partial charge in [-0.2, -0.15) is 0 Å². The Balaban J connectivity index is 2.35. The molecule has 0 saturated heterocycles. The van der Waals surface area contributed by atoms with Crippen molar-refractivity contribution in [3.8, 4) is 11.1 Å². The van der Waals surface area contributed by atoms with E-state index in [1.54, 1.807) is 0 Å². The lowest BCUT2D eigenvalue weighted by atomic mass is 10.0. The Morgan fingerprint density at radius 1 is 1.00 bits per heavy atom. The molecule has 2 nitrogen and oxygen atoms in total. The Labute approximate surface area is 104 Å². The zero-order chi connectivity index (χ0) is 11.8. The van der Waals surface area contributed by atoms with Crippen molar-refractivity contribution in [3.05, 3.63) is 53.6 Å². The summed E-state index contributed by atoms with van der Waals surface area (Å²) in [6, 6.07) is 15.8. The fraction of sp³-hybridized carbons (Fsp3) is 0. The van der Waals surface area contributed by atoms with Crippen LogP contribution in [0.4, 0.5) is 5.82 Å². The zero-order valence-corrected chi connectivity index (χ0v) is 9.83. The first-order chi connectivity index (χ1) is 8.25. The predicted molar refractivity (Wildman–Crippen MR) is 73.2 cm³/mol. The lowest BCUT2D eigenvalue weighted by Crippen LogP contribution is -1.86. The molecule has 0 atom stereocenters. The normalized spacial score (nSPS) is 10.9. The molecule has 3 N–H and O–H groups in total. The molecular weight excluding hydrogens is 232 g/mol. The van der Waals surface area contributed by atoms with Crippen molar-refractivity contribution in [2.24, 2.45) is 0 Å². The lowest BCUT2D eigenvalue weighted by Gasteiger charge is -2.01. The number of anilines is 1. The van der Waals surface area contributed by atoms with Crippen molar-refractivity contribution >= 4 is 28.3 Å². The summed E-state index contributed by atoms with van der Waals surface area (Å²) in [6.45, 7) is 0. The number of aromatic amines is 1. The second-order valence-corrected chi connectivity index (χ2v) is 4.41. The van der Waals surface area contributed by atoms with Crippen molar-refractivity contribution in [1.82, 2.24) is 4.98 Å². The highest BCUT2D eigenvalue weighted by molar-refractivity contribution is 6.31. The van der Waals surface area contributed by atoms with Gasteiger partial charge in [-0.1, -0.05) is 41.9 Å². The first-order valence-corrected chi connectivity index (χ1v) is 5.75. The quantitative estimate of drug-likeness (QED) is 0.664. The van der Waals surface area contributed by atoms with E-state index in [0.29, 0.717) is 10.8 Å². The van der Waals surface area contributed by atoms with Gasteiger partial charge in [0, 0.05) is 21.5 Å². The van der Waals surface area contributed by atoms with Crippen LogP contribution < -0.4 is 5.73 Å². The summed E-state index contributed by atoms with van der Waals surface area (Å²) in [5.41, 5.74) is 9.15. The van der Waals surface area contributed by atoms with E-state index in [1.165, 1.54) is 0 Å². The number of nitrogen functional groups attached to an aromatic ring is 1. The van der Waals surface area contributed by atoms with Crippen molar-refractivity contribution in [1.29, 1.82) is 0 Å². The van der Waals surface area contributed by atoms with Crippen molar-refractivity contribution < 1.29 is 0 Å². The third-order valence-corrected chi connectivity index (χ3v) is 3.09. The smallest absolute Gasteiger partial charge is 0.109 e. The molecule has 17 heavy (non-hydrogen) atoms. The Morgan fingerprint density at radius 3 is 2.53 bits per heavy atom. The van der Waals surface area contributed by atoms with Gasteiger partial charge >= 0.3 is 0 Å². The van der Waals surface area contributed by atoms with Crippen LogP contribution in [-0.4, -0.2) is 4.98 Å². The van der Waals surface area contributed by atoms with E-state index in [0.717, 1.165) is 22.0 Å². The molecule has 84 valence electrons. The number of halogens is 1. The molecule has 3 rings (SSSR count). The molecule has 0 amide bonds. The molecule has 0 aliphatic heterocycles. The molecule has 0 saturated carbocycles. The number of rotatable bonds is 1. The highest BCUT2D eigenvalue weighted by Gasteiger charge is 2.10. The standard InChI is InChI=1S/C14H11ClN2/c15-10-6-7-12-11(8-10)13(14(16)17-12)9-4-2-1-3-5-9/h1-8,17H,16H2. The van der Waals surface area contributed by atoms with Gasteiger partial charge in [-0.3, -0.25) is 0 Å². The van der Waals surface area contributed by atoms with E-state index in [4.69, 9.17) is 17.3 Å². The highest BCUT2D eigenvalue weighted by Crippen LogP contribution is 2.35. The SMILES string of the molecule is Nc1[nH]c2ccc(Cl)cc2c1-c1ccccc1. The van der Waals surface area contributed by atoms with Crippen LogP contribution >= 0.6 is 11.6 Å². The van der Waals surface area contributed by atoms with E-state index < -0.39 is 0 Å². The molecule has 1 aromatic heterocycles. The zero-order valence-electron chi connectivity index (χ0n) is 9.07. The van der Waals surface area contributed by atoms with Gasteiger partial charge in [0.15, 0.2) is 0 Å². The maximum absolute atomic E-state index is 6.04. The van der Waals surface area contributed by atoms with Crippen LogP contribution in [-0.2, 0) is 0 Å². The summed E-state index contributed by atoms with van der Waals surface area (Å²) in [6.07, 6.45) is 0. The number of fused-ring (bicyclic) bond motifs is 1. The molecule has 1 heterocycles. The van der Waals surface area contributed by atoms with Gasteiger partial charge in [-0.05, 0) is 23.8 Å². The average molecular weight is 243 g/mol. The van der Waals surface area contributed by atoms with Gasteiger partial charge in [0.25, 0.3) is 0 Å². The van der Waals surface area contributed by atoms with Gasteiger partial charge in [0.1, 0.15) is 5.82 Å². The van der Waals surface area contributed by atoms with Crippen molar-refractivity contribution in [2.45, 2.75) is 0 Å². The third-order valence-electron chi connectivity index (χ3n) is 2.85. The monoisotopic (exact) mass is 242 g/mol. The number of nitrogens with two attached hydrogens (primary N) is 1. The summed E-state index contributed by atoms with van der Waals surface area (Å²) in [5.74, 6) is 0.675. The molecule has 0 radical (unpaired) electrons. The highest BCUT2D eigenvalue weighted by atomic mass is 35.5. The molecule has 2 aromatic carbocycles. The fourth-order valence-electron chi connectivity index (χ4n) is 2.10. The number of benzene rings is 2. The van der Waals surface area contributed by atoms with Gasteiger partial charge in [0.05, 0.1) is 0 Å². The van der Waals surface area contributed by atoms with E-state index in [2.05, 4.69) is 4.98 Å². The van der Waals surface area contributed by atoms with Crippen molar-refractivity contribution in [3.63, 3.8) is 0 Å². The van der Waals surface area contributed by atoms with Crippen LogP contribution in [0.2, 0.25) is 5.02 Å². The molecular formula is C14H11ClN2. The molecule has 0 aliphatic carbocycles. The molecule has 0 fully saturated rings. The second-order valence-electron chi connectivity index (χ2n) is 3.97. The van der Waals surface area contributed by atoms with Crippen LogP contribution in [0.1, 0.15) is 0 Å². The summed E-state index contributed by atoms with van der Waals surface area (Å²) < 4.78 is 0. The second kappa shape index (κ2) is 3.82. The Hall–Kier alpha value is -1.93. The number of nitrogens with one attached hydrogen (secondary N) is 1.